The maximum atomic E-state index is 13.3. The molecule has 34 heavy (non-hydrogen) atoms. The lowest BCUT2D eigenvalue weighted by atomic mass is 9.93. The normalized spacial score (nSPS) is 21.0. The summed E-state index contributed by atoms with van der Waals surface area (Å²) in [6, 6.07) is 7.22. The van der Waals surface area contributed by atoms with Crippen LogP contribution in [-0.4, -0.2) is 78.7 Å². The van der Waals surface area contributed by atoms with Gasteiger partial charge in [-0.2, -0.15) is 0 Å². The van der Waals surface area contributed by atoms with Crippen LogP contribution in [0.3, 0.4) is 0 Å². The number of amides is 1. The van der Waals surface area contributed by atoms with Gasteiger partial charge in [-0.25, -0.2) is 9.79 Å². The number of carbonyl (C=O) groups is 2. The van der Waals surface area contributed by atoms with Crippen LogP contribution < -0.4 is 4.74 Å². The van der Waals surface area contributed by atoms with Crippen molar-refractivity contribution in [3.63, 3.8) is 0 Å². The molecule has 0 bridgehead atoms. The van der Waals surface area contributed by atoms with Crippen molar-refractivity contribution in [1.82, 2.24) is 14.7 Å². The summed E-state index contributed by atoms with van der Waals surface area (Å²) >= 11 is 1.48. The van der Waals surface area contributed by atoms with Crippen LogP contribution in [0.4, 0.5) is 0 Å². The van der Waals surface area contributed by atoms with Crippen LogP contribution >= 0.6 is 11.8 Å². The highest BCUT2D eigenvalue weighted by molar-refractivity contribution is 8.16. The quantitative estimate of drug-likeness (QED) is 0.573. The van der Waals surface area contributed by atoms with Gasteiger partial charge in [0, 0.05) is 25.3 Å². The smallest absolute Gasteiger partial charge is 0.338 e. The Labute approximate surface area is 205 Å². The summed E-state index contributed by atoms with van der Waals surface area (Å²) in [5, 5.41) is 2.74. The molecule has 3 aliphatic heterocycles. The van der Waals surface area contributed by atoms with Crippen LogP contribution in [0, 0.1) is 0 Å². The Kier molecular flexibility index (Phi) is 7.63. The lowest BCUT2D eigenvalue weighted by Crippen LogP contribution is -2.39. The van der Waals surface area contributed by atoms with Gasteiger partial charge in [-0.3, -0.25) is 4.79 Å². The lowest BCUT2D eigenvalue weighted by molar-refractivity contribution is -0.139. The standard InChI is InChI=1S/C25H32N4O4S/c1-5-33-24(31)22-17(2)26-25-29(23(22)18-8-6-9-20(14-18)32-4)19(16-34-25)15-21(30)28-11-7-10-27(3)12-13-28/h6,8-9,14,16,23H,5,7,10-13,15H2,1-4H3. The molecule has 0 spiro atoms. The molecular weight excluding hydrogens is 452 g/mol. The molecule has 182 valence electrons. The SMILES string of the molecule is CCOC(=O)C1=C(C)N=C2SC=C(CC(=O)N3CCCN(C)CC3)N2C1c1cccc(OC)c1. The van der Waals surface area contributed by atoms with Crippen LogP contribution in [0.2, 0.25) is 0 Å². The van der Waals surface area contributed by atoms with Gasteiger partial charge >= 0.3 is 5.97 Å². The number of esters is 1. The summed E-state index contributed by atoms with van der Waals surface area (Å²) in [5.41, 5.74) is 2.83. The lowest BCUT2D eigenvalue weighted by Gasteiger charge is -2.36. The van der Waals surface area contributed by atoms with E-state index in [4.69, 9.17) is 14.5 Å². The molecule has 1 aromatic carbocycles. The average molecular weight is 485 g/mol. The number of methoxy groups -OCH3 is 1. The van der Waals surface area contributed by atoms with E-state index >= 15 is 0 Å². The van der Waals surface area contributed by atoms with Crippen molar-refractivity contribution in [3.8, 4) is 5.75 Å². The minimum absolute atomic E-state index is 0.0942. The third-order valence-electron chi connectivity index (χ3n) is 6.31. The fraction of sp³-hybridized carbons (Fsp3) is 0.480. The first-order valence-electron chi connectivity index (χ1n) is 11.6. The zero-order valence-corrected chi connectivity index (χ0v) is 21.1. The van der Waals surface area contributed by atoms with Crippen molar-refractivity contribution in [2.75, 3.05) is 46.9 Å². The predicted octanol–water partition coefficient (Wildman–Crippen LogP) is 3.39. The minimum Gasteiger partial charge on any atom is -0.497 e. The molecule has 3 heterocycles. The molecule has 1 amide bonds. The molecule has 8 nitrogen and oxygen atoms in total. The Bertz CT molecular complexity index is 1050. The van der Waals surface area contributed by atoms with E-state index in [-0.39, 0.29) is 18.9 Å². The first-order chi connectivity index (χ1) is 16.4. The van der Waals surface area contributed by atoms with Crippen molar-refractivity contribution < 1.29 is 19.1 Å². The molecule has 0 N–H and O–H groups in total. The maximum absolute atomic E-state index is 13.3. The number of hydrogen-bond donors (Lipinski definition) is 0. The van der Waals surface area contributed by atoms with E-state index in [2.05, 4.69) is 11.9 Å². The van der Waals surface area contributed by atoms with Crippen molar-refractivity contribution in [2.24, 2.45) is 4.99 Å². The topological polar surface area (TPSA) is 74.7 Å². The highest BCUT2D eigenvalue weighted by Gasteiger charge is 2.41. The molecule has 3 aliphatic rings. The Morgan fingerprint density at radius 2 is 2.03 bits per heavy atom. The fourth-order valence-corrected chi connectivity index (χ4v) is 5.49. The summed E-state index contributed by atoms with van der Waals surface area (Å²) < 4.78 is 10.9. The highest BCUT2D eigenvalue weighted by Crippen LogP contribution is 2.45. The van der Waals surface area contributed by atoms with E-state index in [1.165, 1.54) is 11.8 Å². The molecule has 1 saturated heterocycles. The Hall–Kier alpha value is -2.78. The van der Waals surface area contributed by atoms with Gasteiger partial charge in [-0.05, 0) is 57.0 Å². The number of likely N-dealkylation sites (N-methyl/N-ethyl adjacent to an activating group) is 1. The third-order valence-corrected chi connectivity index (χ3v) is 7.20. The van der Waals surface area contributed by atoms with Gasteiger partial charge in [0.15, 0.2) is 5.17 Å². The van der Waals surface area contributed by atoms with Crippen molar-refractivity contribution in [3.05, 3.63) is 52.2 Å². The average Bonchev–Trinajstić information content (AvgIpc) is 3.07. The number of amidine groups is 1. The molecule has 9 heteroatoms. The molecule has 1 aromatic rings. The summed E-state index contributed by atoms with van der Waals surface area (Å²) in [6.07, 6.45) is 1.22. The molecule has 1 atom stereocenters. The largest absolute Gasteiger partial charge is 0.497 e. The number of allylic oxidation sites excluding steroid dienone is 1. The molecule has 4 rings (SSSR count). The minimum atomic E-state index is -0.453. The van der Waals surface area contributed by atoms with Crippen LogP contribution in [0.1, 0.15) is 38.3 Å². The van der Waals surface area contributed by atoms with Gasteiger partial charge in [-0.15, -0.1) is 0 Å². The van der Waals surface area contributed by atoms with E-state index < -0.39 is 12.0 Å². The Morgan fingerprint density at radius 3 is 2.79 bits per heavy atom. The second-order valence-corrected chi connectivity index (χ2v) is 9.44. The van der Waals surface area contributed by atoms with E-state index in [0.29, 0.717) is 17.0 Å². The molecule has 0 aromatic heterocycles. The second-order valence-electron chi connectivity index (χ2n) is 8.60. The van der Waals surface area contributed by atoms with E-state index in [1.54, 1.807) is 14.0 Å². The first kappa shape index (κ1) is 24.3. The van der Waals surface area contributed by atoms with Gasteiger partial charge < -0.3 is 24.2 Å². The van der Waals surface area contributed by atoms with Gasteiger partial charge in [0.05, 0.1) is 37.4 Å². The van der Waals surface area contributed by atoms with E-state index in [0.717, 1.165) is 49.0 Å². The predicted molar refractivity (Wildman–Crippen MR) is 133 cm³/mol. The van der Waals surface area contributed by atoms with Crippen molar-refractivity contribution in [2.45, 2.75) is 32.7 Å². The summed E-state index contributed by atoms with van der Waals surface area (Å²) in [6.45, 7) is 7.26. The van der Waals surface area contributed by atoms with Crippen molar-refractivity contribution >= 4 is 28.8 Å². The van der Waals surface area contributed by atoms with Crippen LogP contribution in [0.15, 0.2) is 51.6 Å². The molecule has 0 radical (unpaired) electrons. The van der Waals surface area contributed by atoms with E-state index in [9.17, 15) is 9.59 Å². The number of aliphatic imine (C=N–C) groups is 1. The van der Waals surface area contributed by atoms with Gasteiger partial charge in [0.2, 0.25) is 5.91 Å². The van der Waals surface area contributed by atoms with Gasteiger partial charge in [0.1, 0.15) is 5.75 Å². The second kappa shape index (κ2) is 10.7. The summed E-state index contributed by atoms with van der Waals surface area (Å²) in [4.78, 5) is 37.3. The number of fused-ring (bicyclic) bond motifs is 1. The number of nitrogens with zero attached hydrogens (tertiary/aromatic N) is 4. The molecule has 0 aliphatic carbocycles. The highest BCUT2D eigenvalue weighted by atomic mass is 32.2. The molecular formula is C25H32N4O4S. The molecule has 1 unspecified atom stereocenters. The summed E-state index contributed by atoms with van der Waals surface area (Å²) in [5.74, 6) is 0.398. The molecule has 0 saturated carbocycles. The first-order valence-corrected chi connectivity index (χ1v) is 12.5. The Morgan fingerprint density at radius 1 is 1.21 bits per heavy atom. The fourth-order valence-electron chi connectivity index (χ4n) is 4.53. The van der Waals surface area contributed by atoms with Crippen molar-refractivity contribution in [1.29, 1.82) is 0 Å². The van der Waals surface area contributed by atoms with Crippen LogP contribution in [0.25, 0.3) is 0 Å². The van der Waals surface area contributed by atoms with E-state index in [1.807, 2.05) is 46.4 Å². The van der Waals surface area contributed by atoms with Gasteiger partial charge in [-0.1, -0.05) is 23.9 Å². The van der Waals surface area contributed by atoms with Gasteiger partial charge in [0.25, 0.3) is 0 Å². The summed E-state index contributed by atoms with van der Waals surface area (Å²) in [7, 11) is 3.71. The molecule has 1 fully saturated rings. The number of ether oxygens (including phenoxy) is 2. The number of carbonyl (C=O) groups excluding carboxylic acids is 2. The number of rotatable bonds is 6. The number of hydrogen-bond acceptors (Lipinski definition) is 8. The van der Waals surface area contributed by atoms with Crippen LogP contribution in [-0.2, 0) is 14.3 Å². The number of thioether (sulfide) groups is 1. The zero-order valence-electron chi connectivity index (χ0n) is 20.2. The number of benzene rings is 1. The third kappa shape index (κ3) is 5.00. The monoisotopic (exact) mass is 484 g/mol. The van der Waals surface area contributed by atoms with Crippen LogP contribution in [0.5, 0.6) is 5.75 Å². The Balaban J connectivity index is 1.67. The zero-order chi connectivity index (χ0) is 24.2. The maximum Gasteiger partial charge on any atom is 0.338 e.